The van der Waals surface area contributed by atoms with Gasteiger partial charge < -0.3 is 15.4 Å². The molecule has 2 rings (SSSR count). The predicted octanol–water partition coefficient (Wildman–Crippen LogP) is 3.74. The fourth-order valence-electron chi connectivity index (χ4n) is 2.24. The molecule has 0 heterocycles. The topological polar surface area (TPSA) is 38.5 Å². The highest BCUT2D eigenvalue weighted by molar-refractivity contribution is 5.70. The molecule has 0 aliphatic heterocycles. The number of ether oxygens (including phenoxy) is 1. The van der Waals surface area contributed by atoms with E-state index in [0.29, 0.717) is 5.69 Å². The molecule has 0 atom stereocenters. The Morgan fingerprint density at radius 1 is 1.16 bits per heavy atom. The van der Waals surface area contributed by atoms with Gasteiger partial charge >= 0.3 is 0 Å². The Kier molecular flexibility index (Phi) is 3.95. The second-order valence-corrected chi connectivity index (χ2v) is 4.50. The van der Waals surface area contributed by atoms with Gasteiger partial charge in [-0.2, -0.15) is 0 Å². The second kappa shape index (κ2) is 5.65. The standard InChI is InChI=1S/C16H20N2O/c1-4-18(16-8-6-5-7-12(16)2)14-9-13(17)10-15(11-14)19-3/h5-11H,4,17H2,1-3H3. The molecule has 0 fully saturated rings. The highest BCUT2D eigenvalue weighted by Crippen LogP contribution is 2.32. The first-order valence-electron chi connectivity index (χ1n) is 6.43. The minimum Gasteiger partial charge on any atom is -0.497 e. The summed E-state index contributed by atoms with van der Waals surface area (Å²) in [5.41, 5.74) is 10.1. The van der Waals surface area contributed by atoms with Crippen LogP contribution in [0.5, 0.6) is 5.75 Å². The molecule has 0 aromatic heterocycles. The number of nitrogen functional groups attached to an aromatic ring is 1. The van der Waals surface area contributed by atoms with E-state index in [-0.39, 0.29) is 0 Å². The van der Waals surface area contributed by atoms with Gasteiger partial charge in [-0.1, -0.05) is 18.2 Å². The van der Waals surface area contributed by atoms with Crippen molar-refractivity contribution in [3.8, 4) is 5.75 Å². The largest absolute Gasteiger partial charge is 0.497 e. The minimum atomic E-state index is 0.710. The first kappa shape index (κ1) is 13.3. The lowest BCUT2D eigenvalue weighted by Crippen LogP contribution is -2.17. The quantitative estimate of drug-likeness (QED) is 0.847. The van der Waals surface area contributed by atoms with Crippen molar-refractivity contribution in [1.82, 2.24) is 0 Å². The van der Waals surface area contributed by atoms with Gasteiger partial charge in [0.1, 0.15) is 5.75 Å². The molecule has 3 heteroatoms. The Morgan fingerprint density at radius 3 is 2.53 bits per heavy atom. The molecule has 100 valence electrons. The number of aryl methyl sites for hydroxylation is 1. The van der Waals surface area contributed by atoms with E-state index >= 15 is 0 Å². The Labute approximate surface area is 114 Å². The average molecular weight is 256 g/mol. The summed E-state index contributed by atoms with van der Waals surface area (Å²) in [5.74, 6) is 0.780. The summed E-state index contributed by atoms with van der Waals surface area (Å²) < 4.78 is 5.29. The SMILES string of the molecule is CCN(c1cc(N)cc(OC)c1)c1ccccc1C. The maximum Gasteiger partial charge on any atom is 0.122 e. The maximum atomic E-state index is 5.94. The Balaban J connectivity index is 2.48. The summed E-state index contributed by atoms with van der Waals surface area (Å²) in [4.78, 5) is 2.23. The van der Waals surface area contributed by atoms with Crippen LogP contribution >= 0.6 is 0 Å². The molecule has 0 saturated carbocycles. The number of nitrogens with zero attached hydrogens (tertiary/aromatic N) is 1. The van der Waals surface area contributed by atoms with Crippen molar-refractivity contribution in [1.29, 1.82) is 0 Å². The minimum absolute atomic E-state index is 0.710. The van der Waals surface area contributed by atoms with Crippen molar-refractivity contribution in [3.05, 3.63) is 48.0 Å². The Bertz CT molecular complexity index is 566. The summed E-state index contributed by atoms with van der Waals surface area (Å²) >= 11 is 0. The Hall–Kier alpha value is -2.16. The molecule has 0 aliphatic carbocycles. The smallest absolute Gasteiger partial charge is 0.122 e. The Morgan fingerprint density at radius 2 is 1.89 bits per heavy atom. The van der Waals surface area contributed by atoms with E-state index in [1.807, 2.05) is 24.3 Å². The summed E-state index contributed by atoms with van der Waals surface area (Å²) in [5, 5.41) is 0. The summed E-state index contributed by atoms with van der Waals surface area (Å²) in [6.45, 7) is 5.11. The summed E-state index contributed by atoms with van der Waals surface area (Å²) in [7, 11) is 1.66. The van der Waals surface area contributed by atoms with E-state index in [0.717, 1.165) is 18.0 Å². The van der Waals surface area contributed by atoms with Crippen LogP contribution in [-0.2, 0) is 0 Å². The van der Waals surface area contributed by atoms with E-state index in [1.165, 1.54) is 11.3 Å². The lowest BCUT2D eigenvalue weighted by molar-refractivity contribution is 0.415. The van der Waals surface area contributed by atoms with Crippen LogP contribution in [-0.4, -0.2) is 13.7 Å². The lowest BCUT2D eigenvalue weighted by Gasteiger charge is -2.25. The van der Waals surface area contributed by atoms with Crippen LogP contribution < -0.4 is 15.4 Å². The molecule has 0 radical (unpaired) electrons. The maximum absolute atomic E-state index is 5.94. The van der Waals surface area contributed by atoms with Gasteiger partial charge in [-0.15, -0.1) is 0 Å². The molecular formula is C16H20N2O. The van der Waals surface area contributed by atoms with Crippen LogP contribution in [0.3, 0.4) is 0 Å². The second-order valence-electron chi connectivity index (χ2n) is 4.50. The third-order valence-electron chi connectivity index (χ3n) is 3.18. The van der Waals surface area contributed by atoms with Gasteiger partial charge in [-0.3, -0.25) is 0 Å². The van der Waals surface area contributed by atoms with Crippen LogP contribution in [0.4, 0.5) is 17.1 Å². The molecule has 0 aliphatic rings. The highest BCUT2D eigenvalue weighted by atomic mass is 16.5. The van der Waals surface area contributed by atoms with Gasteiger partial charge in [0, 0.05) is 35.7 Å². The summed E-state index contributed by atoms with van der Waals surface area (Å²) in [6.07, 6.45) is 0. The summed E-state index contributed by atoms with van der Waals surface area (Å²) in [6, 6.07) is 14.1. The number of hydrogen-bond donors (Lipinski definition) is 1. The molecule has 0 saturated heterocycles. The van der Waals surface area contributed by atoms with Crippen molar-refractivity contribution >= 4 is 17.1 Å². The van der Waals surface area contributed by atoms with Gasteiger partial charge in [0.15, 0.2) is 0 Å². The lowest BCUT2D eigenvalue weighted by atomic mass is 10.1. The van der Waals surface area contributed by atoms with Gasteiger partial charge in [-0.05, 0) is 31.5 Å². The molecular weight excluding hydrogens is 236 g/mol. The first-order chi connectivity index (χ1) is 9.15. The van der Waals surface area contributed by atoms with Crippen molar-refractivity contribution in [2.45, 2.75) is 13.8 Å². The van der Waals surface area contributed by atoms with E-state index in [4.69, 9.17) is 10.5 Å². The molecule has 3 nitrogen and oxygen atoms in total. The third kappa shape index (κ3) is 2.81. The predicted molar refractivity (Wildman–Crippen MR) is 81.3 cm³/mol. The first-order valence-corrected chi connectivity index (χ1v) is 6.43. The van der Waals surface area contributed by atoms with Gasteiger partial charge in [0.2, 0.25) is 0 Å². The zero-order valence-corrected chi connectivity index (χ0v) is 11.7. The number of hydrogen-bond acceptors (Lipinski definition) is 3. The van der Waals surface area contributed by atoms with Crippen LogP contribution in [0, 0.1) is 6.92 Å². The monoisotopic (exact) mass is 256 g/mol. The van der Waals surface area contributed by atoms with Crippen LogP contribution in [0.15, 0.2) is 42.5 Å². The van der Waals surface area contributed by atoms with Crippen molar-refractivity contribution in [2.75, 3.05) is 24.3 Å². The molecule has 0 spiro atoms. The molecule has 2 N–H and O–H groups in total. The number of anilines is 3. The van der Waals surface area contributed by atoms with Crippen LogP contribution in [0.2, 0.25) is 0 Å². The zero-order chi connectivity index (χ0) is 13.8. The number of para-hydroxylation sites is 1. The van der Waals surface area contributed by atoms with Crippen molar-refractivity contribution in [2.24, 2.45) is 0 Å². The number of rotatable bonds is 4. The fraction of sp³-hybridized carbons (Fsp3) is 0.250. The molecule has 0 unspecified atom stereocenters. The highest BCUT2D eigenvalue weighted by Gasteiger charge is 2.11. The fourth-order valence-corrected chi connectivity index (χ4v) is 2.24. The molecule has 2 aromatic rings. The van der Waals surface area contributed by atoms with Crippen molar-refractivity contribution < 1.29 is 4.74 Å². The molecule has 0 amide bonds. The van der Waals surface area contributed by atoms with Gasteiger partial charge in [0.05, 0.1) is 7.11 Å². The van der Waals surface area contributed by atoms with E-state index in [2.05, 4.69) is 36.9 Å². The van der Waals surface area contributed by atoms with Gasteiger partial charge in [0.25, 0.3) is 0 Å². The molecule has 0 bridgehead atoms. The normalized spacial score (nSPS) is 10.3. The number of benzene rings is 2. The number of methoxy groups -OCH3 is 1. The van der Waals surface area contributed by atoms with E-state index < -0.39 is 0 Å². The van der Waals surface area contributed by atoms with Crippen LogP contribution in [0.25, 0.3) is 0 Å². The number of nitrogens with two attached hydrogens (primary N) is 1. The average Bonchev–Trinajstić information content (AvgIpc) is 2.41. The molecule has 2 aromatic carbocycles. The van der Waals surface area contributed by atoms with Gasteiger partial charge in [-0.25, -0.2) is 0 Å². The molecule has 19 heavy (non-hydrogen) atoms. The third-order valence-corrected chi connectivity index (χ3v) is 3.18. The zero-order valence-electron chi connectivity index (χ0n) is 11.7. The van der Waals surface area contributed by atoms with E-state index in [1.54, 1.807) is 7.11 Å². The van der Waals surface area contributed by atoms with E-state index in [9.17, 15) is 0 Å². The van der Waals surface area contributed by atoms with Crippen LogP contribution in [0.1, 0.15) is 12.5 Å². The van der Waals surface area contributed by atoms with Crippen molar-refractivity contribution in [3.63, 3.8) is 0 Å².